The molecule has 3 aromatic rings. The highest BCUT2D eigenvalue weighted by molar-refractivity contribution is 6.04. The minimum atomic E-state index is -0.546. The van der Waals surface area contributed by atoms with Gasteiger partial charge in [-0.15, -0.1) is 5.10 Å². The van der Waals surface area contributed by atoms with E-state index in [0.717, 1.165) is 16.7 Å². The zero-order valence-electron chi connectivity index (χ0n) is 13.8. The summed E-state index contributed by atoms with van der Waals surface area (Å²) in [4.78, 5) is 20.4. The van der Waals surface area contributed by atoms with E-state index in [1.165, 1.54) is 18.5 Å². The summed E-state index contributed by atoms with van der Waals surface area (Å²) >= 11 is 0. The second-order valence-corrected chi connectivity index (χ2v) is 5.53. The minimum Gasteiger partial charge on any atom is -0.506 e. The van der Waals surface area contributed by atoms with Gasteiger partial charge < -0.3 is 5.11 Å². The summed E-state index contributed by atoms with van der Waals surface area (Å²) in [5, 5.41) is 17.5. The van der Waals surface area contributed by atoms with Crippen molar-refractivity contribution in [2.75, 3.05) is 0 Å². The molecule has 6 heteroatoms. The second-order valence-electron chi connectivity index (χ2n) is 5.53. The fourth-order valence-corrected chi connectivity index (χ4v) is 2.62. The van der Waals surface area contributed by atoms with Crippen LogP contribution < -0.4 is 0 Å². The van der Waals surface area contributed by atoms with Gasteiger partial charge in [-0.05, 0) is 48.7 Å². The lowest BCUT2D eigenvalue weighted by Gasteiger charge is -2.11. The van der Waals surface area contributed by atoms with Crippen LogP contribution in [-0.4, -0.2) is 32.4 Å². The van der Waals surface area contributed by atoms with Crippen LogP contribution in [0.25, 0.3) is 11.1 Å². The highest BCUT2D eigenvalue weighted by Crippen LogP contribution is 2.29. The predicted octanol–water partition coefficient (Wildman–Crippen LogP) is 3.12. The molecule has 0 bridgehead atoms. The molecule has 25 heavy (non-hydrogen) atoms. The van der Waals surface area contributed by atoms with Gasteiger partial charge in [0.05, 0.1) is 12.4 Å². The number of hydrogen-bond donors (Lipinski definition) is 1. The number of aliphatic imine (C=N–C) groups is 1. The van der Waals surface area contributed by atoms with E-state index in [1.807, 2.05) is 32.0 Å². The highest BCUT2D eigenvalue weighted by Gasteiger charge is 2.17. The third-order valence-corrected chi connectivity index (χ3v) is 3.79. The Bertz CT molecular complexity index is 947. The monoisotopic (exact) mass is 332 g/mol. The van der Waals surface area contributed by atoms with Gasteiger partial charge in [0.1, 0.15) is 11.4 Å². The van der Waals surface area contributed by atoms with Gasteiger partial charge in [-0.2, -0.15) is 5.10 Å². The first-order valence-corrected chi connectivity index (χ1v) is 7.68. The van der Waals surface area contributed by atoms with E-state index in [4.69, 9.17) is 0 Å². The van der Waals surface area contributed by atoms with E-state index in [1.54, 1.807) is 18.3 Å². The highest BCUT2D eigenvalue weighted by atomic mass is 16.3. The van der Waals surface area contributed by atoms with Gasteiger partial charge in [0.2, 0.25) is 0 Å². The first-order valence-electron chi connectivity index (χ1n) is 7.68. The van der Waals surface area contributed by atoms with Crippen LogP contribution in [0.4, 0.5) is 0 Å². The number of rotatable bonds is 3. The van der Waals surface area contributed by atoms with Crippen molar-refractivity contribution < 1.29 is 9.90 Å². The van der Waals surface area contributed by atoms with Crippen LogP contribution in [0.5, 0.6) is 5.75 Å². The Hall–Kier alpha value is -3.41. The molecule has 0 radical (unpaired) electrons. The Morgan fingerprint density at radius 2 is 1.84 bits per heavy atom. The van der Waals surface area contributed by atoms with E-state index >= 15 is 0 Å². The Kier molecular flexibility index (Phi) is 4.61. The molecule has 0 saturated carbocycles. The summed E-state index contributed by atoms with van der Waals surface area (Å²) in [6.07, 6.45) is 4.28. The van der Waals surface area contributed by atoms with Crippen molar-refractivity contribution in [2.45, 2.75) is 13.8 Å². The Morgan fingerprint density at radius 1 is 1.08 bits per heavy atom. The molecule has 0 fully saturated rings. The first-order chi connectivity index (χ1) is 12.1. The molecule has 0 unspecified atom stereocenters. The maximum absolute atomic E-state index is 12.5. The Morgan fingerprint density at radius 3 is 2.56 bits per heavy atom. The van der Waals surface area contributed by atoms with Crippen molar-refractivity contribution in [3.63, 3.8) is 0 Å². The molecule has 2 aromatic heterocycles. The van der Waals surface area contributed by atoms with Gasteiger partial charge in [-0.3, -0.25) is 9.78 Å². The zero-order chi connectivity index (χ0) is 17.8. The molecule has 0 aliphatic rings. The Balaban J connectivity index is 2.02. The number of amides is 1. The molecule has 1 amide bonds. The first kappa shape index (κ1) is 16.4. The number of nitrogens with zero attached hydrogens (tertiary/aromatic N) is 4. The van der Waals surface area contributed by atoms with Crippen molar-refractivity contribution in [2.24, 2.45) is 4.99 Å². The number of aromatic nitrogens is 3. The van der Waals surface area contributed by atoms with Crippen LogP contribution in [0.15, 0.2) is 53.8 Å². The van der Waals surface area contributed by atoms with Gasteiger partial charge in [0, 0.05) is 11.8 Å². The van der Waals surface area contributed by atoms with Crippen molar-refractivity contribution >= 4 is 12.1 Å². The molecule has 0 spiro atoms. The number of pyridine rings is 1. The van der Waals surface area contributed by atoms with Crippen LogP contribution in [0.2, 0.25) is 0 Å². The van der Waals surface area contributed by atoms with Crippen LogP contribution in [0.1, 0.15) is 27.3 Å². The quantitative estimate of drug-likeness (QED) is 0.744. The molecular formula is C19H16N4O2. The molecule has 1 N–H and O–H groups in total. The summed E-state index contributed by atoms with van der Waals surface area (Å²) in [5.41, 5.74) is 4.07. The summed E-state index contributed by atoms with van der Waals surface area (Å²) < 4.78 is 0. The molecular weight excluding hydrogens is 316 g/mol. The molecule has 1 aromatic carbocycles. The van der Waals surface area contributed by atoms with Crippen molar-refractivity contribution in [1.82, 2.24) is 15.2 Å². The minimum absolute atomic E-state index is 0.0480. The summed E-state index contributed by atoms with van der Waals surface area (Å²) in [6, 6.07) is 10.7. The third-order valence-electron chi connectivity index (χ3n) is 3.79. The topological polar surface area (TPSA) is 88.3 Å². The van der Waals surface area contributed by atoms with Gasteiger partial charge in [-0.1, -0.05) is 18.2 Å². The maximum atomic E-state index is 12.5. The molecule has 3 rings (SSSR count). The lowest BCUT2D eigenvalue weighted by atomic mass is 9.95. The maximum Gasteiger partial charge on any atom is 0.298 e. The van der Waals surface area contributed by atoms with Crippen LogP contribution in [0, 0.1) is 13.8 Å². The number of aryl methyl sites for hydroxylation is 2. The van der Waals surface area contributed by atoms with Crippen molar-refractivity contribution in [1.29, 1.82) is 0 Å². The number of aromatic hydroxyl groups is 1. The summed E-state index contributed by atoms with van der Waals surface area (Å²) in [6.45, 7) is 3.96. The fourth-order valence-electron chi connectivity index (χ4n) is 2.62. The number of carbonyl (C=O) groups is 1. The van der Waals surface area contributed by atoms with E-state index in [2.05, 4.69) is 20.2 Å². The lowest BCUT2D eigenvalue weighted by Crippen LogP contribution is -2.05. The van der Waals surface area contributed by atoms with Crippen LogP contribution >= 0.6 is 0 Å². The van der Waals surface area contributed by atoms with Crippen LogP contribution in [0.3, 0.4) is 0 Å². The smallest absolute Gasteiger partial charge is 0.298 e. The normalized spacial score (nSPS) is 11.0. The molecule has 2 heterocycles. The van der Waals surface area contributed by atoms with E-state index in [0.29, 0.717) is 5.56 Å². The summed E-state index contributed by atoms with van der Waals surface area (Å²) in [5.74, 6) is -0.594. The Labute approximate surface area is 144 Å². The molecule has 0 saturated heterocycles. The molecule has 6 nitrogen and oxygen atoms in total. The van der Waals surface area contributed by atoms with E-state index in [9.17, 15) is 9.90 Å². The van der Waals surface area contributed by atoms with Gasteiger partial charge in [0.15, 0.2) is 5.69 Å². The molecule has 0 atom stereocenters. The average Bonchev–Trinajstić information content (AvgIpc) is 2.61. The lowest BCUT2D eigenvalue weighted by molar-refractivity contribution is 0.0998. The number of hydrogen-bond acceptors (Lipinski definition) is 5. The third kappa shape index (κ3) is 3.42. The van der Waals surface area contributed by atoms with E-state index in [-0.39, 0.29) is 17.1 Å². The van der Waals surface area contributed by atoms with Gasteiger partial charge in [-0.25, -0.2) is 4.99 Å². The zero-order valence-corrected chi connectivity index (χ0v) is 13.8. The standard InChI is InChI=1S/C19H16N4O2/c1-12-5-3-6-13(2)17(12)14-8-10-22-23-18(14)19(25)21-11-15-16(24)7-4-9-20-15/h3-11,24H,1-2H3/b21-11-. The van der Waals surface area contributed by atoms with Crippen molar-refractivity contribution in [3.8, 4) is 16.9 Å². The molecule has 124 valence electrons. The molecule has 0 aliphatic heterocycles. The summed E-state index contributed by atoms with van der Waals surface area (Å²) in [7, 11) is 0. The number of benzene rings is 1. The fraction of sp³-hybridized carbons (Fsp3) is 0.105. The van der Waals surface area contributed by atoms with Gasteiger partial charge in [0.25, 0.3) is 5.91 Å². The number of carbonyl (C=O) groups excluding carboxylic acids is 1. The van der Waals surface area contributed by atoms with Crippen LogP contribution in [-0.2, 0) is 0 Å². The van der Waals surface area contributed by atoms with E-state index < -0.39 is 5.91 Å². The molecule has 0 aliphatic carbocycles. The van der Waals surface area contributed by atoms with Crippen molar-refractivity contribution in [3.05, 3.63) is 71.3 Å². The van der Waals surface area contributed by atoms with Gasteiger partial charge >= 0.3 is 0 Å². The largest absolute Gasteiger partial charge is 0.506 e. The second kappa shape index (κ2) is 7.00. The predicted molar refractivity (Wildman–Crippen MR) is 94.8 cm³/mol. The average molecular weight is 332 g/mol. The SMILES string of the molecule is Cc1cccc(C)c1-c1ccnnc1C(=O)/N=C\c1ncccc1O.